The first-order valence-corrected chi connectivity index (χ1v) is 10.4. The number of rotatable bonds is 5. The second kappa shape index (κ2) is 10.5. The highest BCUT2D eigenvalue weighted by Crippen LogP contribution is 2.38. The molecule has 2 heterocycles. The van der Waals surface area contributed by atoms with Crippen LogP contribution in [0.1, 0.15) is 36.0 Å². The molecule has 1 aliphatic heterocycles. The van der Waals surface area contributed by atoms with Gasteiger partial charge in [0.2, 0.25) is 0 Å². The molecule has 168 valence electrons. The number of anilines is 1. The van der Waals surface area contributed by atoms with E-state index in [2.05, 4.69) is 27.5 Å². The number of nitrogens with zero attached hydrogens (tertiary/aromatic N) is 3. The Morgan fingerprint density at radius 3 is 2.71 bits per heavy atom. The van der Waals surface area contributed by atoms with Gasteiger partial charge in [0, 0.05) is 23.7 Å². The number of likely N-dealkylation sites (tertiary alicyclic amines) is 1. The Morgan fingerprint density at radius 1 is 1.26 bits per heavy atom. The summed E-state index contributed by atoms with van der Waals surface area (Å²) in [6, 6.07) is 5.69. The van der Waals surface area contributed by atoms with Gasteiger partial charge in [-0.3, -0.25) is 4.79 Å². The summed E-state index contributed by atoms with van der Waals surface area (Å²) in [5.74, 6) is 1.01. The van der Waals surface area contributed by atoms with E-state index < -0.39 is 6.61 Å². The highest BCUT2D eigenvalue weighted by atomic mass is 19.3. The largest absolute Gasteiger partial charge is 0.483 e. The predicted octanol–water partition coefficient (Wildman–Crippen LogP) is 3.75. The normalized spacial score (nSPS) is 18.2. The zero-order chi connectivity index (χ0) is 22.4. The van der Waals surface area contributed by atoms with E-state index in [0.29, 0.717) is 17.3 Å². The molecule has 0 saturated carbocycles. The molecular formula is C22H28F2N4O3. The van der Waals surface area contributed by atoms with E-state index in [9.17, 15) is 8.78 Å². The number of piperidine rings is 1. The van der Waals surface area contributed by atoms with Crippen LogP contribution in [0.5, 0.6) is 5.75 Å². The van der Waals surface area contributed by atoms with Gasteiger partial charge in [0.15, 0.2) is 5.82 Å². The van der Waals surface area contributed by atoms with Gasteiger partial charge in [-0.05, 0) is 75.9 Å². The van der Waals surface area contributed by atoms with Crippen molar-refractivity contribution in [3.8, 4) is 17.0 Å². The monoisotopic (exact) mass is 434 g/mol. The lowest BCUT2D eigenvalue weighted by Gasteiger charge is -2.31. The van der Waals surface area contributed by atoms with Crippen molar-refractivity contribution < 1.29 is 23.4 Å². The minimum atomic E-state index is -2.87. The van der Waals surface area contributed by atoms with Crippen LogP contribution in [-0.2, 0) is 17.6 Å². The molecule has 4 rings (SSSR count). The number of aromatic nitrogens is 2. The summed E-state index contributed by atoms with van der Waals surface area (Å²) in [7, 11) is 2.13. The summed E-state index contributed by atoms with van der Waals surface area (Å²) in [6.07, 6.45) is 5.11. The van der Waals surface area contributed by atoms with Crippen LogP contribution in [-0.4, -0.2) is 59.5 Å². The number of benzene rings is 1. The second-order valence-electron chi connectivity index (χ2n) is 7.94. The molecule has 1 saturated heterocycles. The third kappa shape index (κ3) is 5.66. The van der Waals surface area contributed by atoms with Crippen LogP contribution in [0.3, 0.4) is 0 Å². The Labute approximate surface area is 180 Å². The Bertz CT molecular complexity index is 911. The number of halogens is 2. The van der Waals surface area contributed by atoms with E-state index >= 15 is 0 Å². The predicted molar refractivity (Wildman–Crippen MR) is 114 cm³/mol. The standard InChI is InChI=1S/C21H26F2N4O.CH2O2/c1-13-8-9-17(18(11-13)28-21(22)23)19-15-6-3-7-16(15)20(26-25-19)24-14-5-4-10-27(2)12-14;2-1-3/h8-9,11,14,21H,3-7,10,12H2,1-2H3,(H,24,26);1H,(H,2,3)/t14-;/m1./s1. The van der Waals surface area contributed by atoms with Crippen LogP contribution in [0, 0.1) is 6.92 Å². The fraction of sp³-hybridized carbons (Fsp3) is 0.500. The van der Waals surface area contributed by atoms with Crippen molar-refractivity contribution in [3.63, 3.8) is 0 Å². The van der Waals surface area contributed by atoms with Gasteiger partial charge in [-0.2, -0.15) is 8.78 Å². The molecule has 1 atom stereocenters. The maximum atomic E-state index is 12.9. The van der Waals surface area contributed by atoms with Crippen molar-refractivity contribution in [1.29, 1.82) is 0 Å². The molecule has 2 aromatic rings. The Morgan fingerprint density at radius 2 is 2.00 bits per heavy atom. The third-order valence-electron chi connectivity index (χ3n) is 5.61. The molecular weight excluding hydrogens is 406 g/mol. The van der Waals surface area contributed by atoms with Gasteiger partial charge in [0.1, 0.15) is 11.4 Å². The van der Waals surface area contributed by atoms with Gasteiger partial charge in [-0.15, -0.1) is 10.2 Å². The number of aryl methyl sites for hydroxylation is 1. The molecule has 0 spiro atoms. The molecule has 1 aliphatic carbocycles. The van der Waals surface area contributed by atoms with Crippen LogP contribution >= 0.6 is 0 Å². The van der Waals surface area contributed by atoms with Crippen molar-refractivity contribution in [2.45, 2.75) is 51.7 Å². The molecule has 31 heavy (non-hydrogen) atoms. The summed E-state index contributed by atoms with van der Waals surface area (Å²) in [5, 5.41) is 19.4. The third-order valence-corrected chi connectivity index (χ3v) is 5.61. The van der Waals surface area contributed by atoms with E-state index in [0.717, 1.165) is 55.7 Å². The van der Waals surface area contributed by atoms with Gasteiger partial charge in [-0.1, -0.05) is 6.07 Å². The van der Waals surface area contributed by atoms with Gasteiger partial charge in [-0.25, -0.2) is 0 Å². The Balaban J connectivity index is 0.000000858. The lowest BCUT2D eigenvalue weighted by atomic mass is 10.0. The highest BCUT2D eigenvalue weighted by molar-refractivity contribution is 5.73. The lowest BCUT2D eigenvalue weighted by molar-refractivity contribution is -0.122. The van der Waals surface area contributed by atoms with Gasteiger partial charge in [0.05, 0.1) is 0 Å². The molecule has 0 bridgehead atoms. The van der Waals surface area contributed by atoms with Crippen LogP contribution in [0.15, 0.2) is 18.2 Å². The molecule has 0 radical (unpaired) electrons. The van der Waals surface area contributed by atoms with Gasteiger partial charge < -0.3 is 20.1 Å². The van der Waals surface area contributed by atoms with E-state index in [-0.39, 0.29) is 12.2 Å². The van der Waals surface area contributed by atoms with Crippen LogP contribution in [0.2, 0.25) is 0 Å². The number of hydrogen-bond acceptors (Lipinski definition) is 6. The first kappa shape index (κ1) is 22.9. The van der Waals surface area contributed by atoms with Crippen molar-refractivity contribution in [3.05, 3.63) is 34.9 Å². The Hall–Kier alpha value is -2.81. The molecule has 2 aliphatic rings. The van der Waals surface area contributed by atoms with Crippen molar-refractivity contribution in [2.24, 2.45) is 0 Å². The van der Waals surface area contributed by atoms with Crippen molar-refractivity contribution in [1.82, 2.24) is 15.1 Å². The first-order chi connectivity index (χ1) is 14.9. The summed E-state index contributed by atoms with van der Waals surface area (Å²) in [5.41, 5.74) is 4.38. The second-order valence-corrected chi connectivity index (χ2v) is 7.94. The summed E-state index contributed by atoms with van der Waals surface area (Å²) in [4.78, 5) is 10.7. The van der Waals surface area contributed by atoms with Gasteiger partial charge in [0.25, 0.3) is 6.47 Å². The number of nitrogens with one attached hydrogen (secondary N) is 1. The van der Waals surface area contributed by atoms with E-state index in [1.54, 1.807) is 12.1 Å². The molecule has 1 aromatic heterocycles. The van der Waals surface area contributed by atoms with E-state index in [1.807, 2.05) is 13.0 Å². The molecule has 1 aromatic carbocycles. The number of carbonyl (C=O) groups is 1. The molecule has 0 amide bonds. The van der Waals surface area contributed by atoms with Crippen molar-refractivity contribution in [2.75, 3.05) is 25.5 Å². The number of likely N-dealkylation sites (N-methyl/N-ethyl adjacent to an activating group) is 1. The van der Waals surface area contributed by atoms with E-state index in [4.69, 9.17) is 14.6 Å². The average Bonchev–Trinajstić information content (AvgIpc) is 3.20. The number of fused-ring (bicyclic) bond motifs is 1. The summed E-state index contributed by atoms with van der Waals surface area (Å²) >= 11 is 0. The zero-order valence-electron chi connectivity index (χ0n) is 17.8. The first-order valence-electron chi connectivity index (χ1n) is 10.4. The lowest BCUT2D eigenvalue weighted by Crippen LogP contribution is -2.40. The molecule has 1 fully saturated rings. The maximum absolute atomic E-state index is 12.9. The van der Waals surface area contributed by atoms with Crippen LogP contribution in [0.4, 0.5) is 14.6 Å². The zero-order valence-corrected chi connectivity index (χ0v) is 17.8. The average molecular weight is 434 g/mol. The fourth-order valence-electron chi connectivity index (χ4n) is 4.32. The summed E-state index contributed by atoms with van der Waals surface area (Å²) in [6.45, 7) is 0.849. The molecule has 0 unspecified atom stereocenters. The van der Waals surface area contributed by atoms with Crippen LogP contribution in [0.25, 0.3) is 11.3 Å². The smallest absolute Gasteiger partial charge is 0.387 e. The molecule has 9 heteroatoms. The number of hydrogen-bond donors (Lipinski definition) is 2. The van der Waals surface area contributed by atoms with E-state index in [1.165, 1.54) is 12.0 Å². The summed E-state index contributed by atoms with van der Waals surface area (Å²) < 4.78 is 30.6. The minimum absolute atomic E-state index is 0.160. The SMILES string of the molecule is Cc1ccc(-c2nnc(N[C@@H]3CCCN(C)C3)c3c2CCC3)c(OC(F)F)c1.O=CO. The number of ether oxygens (including phenoxy) is 1. The fourth-order valence-corrected chi connectivity index (χ4v) is 4.32. The van der Waals surface area contributed by atoms with Crippen molar-refractivity contribution >= 4 is 12.3 Å². The number of alkyl halides is 2. The van der Waals surface area contributed by atoms with Crippen LogP contribution < -0.4 is 10.1 Å². The maximum Gasteiger partial charge on any atom is 0.387 e. The Kier molecular flexibility index (Phi) is 7.73. The highest BCUT2D eigenvalue weighted by Gasteiger charge is 2.26. The minimum Gasteiger partial charge on any atom is -0.483 e. The van der Waals surface area contributed by atoms with Gasteiger partial charge >= 0.3 is 6.61 Å². The number of carboxylic acid groups (broad SMARTS) is 1. The quantitative estimate of drug-likeness (QED) is 0.693. The molecule has 7 nitrogen and oxygen atoms in total. The molecule has 2 N–H and O–H groups in total. The topological polar surface area (TPSA) is 87.6 Å².